The fraction of sp³-hybridized carbons (Fsp3) is 0.333. The van der Waals surface area contributed by atoms with Crippen molar-refractivity contribution in [3.63, 3.8) is 0 Å². The van der Waals surface area contributed by atoms with Crippen molar-refractivity contribution in [1.29, 1.82) is 0 Å². The smallest absolute Gasteiger partial charge is 0.326 e. The number of nitrogens with one attached hydrogen (secondary N) is 1. The van der Waals surface area contributed by atoms with E-state index < -0.39 is 12.0 Å². The molecule has 1 aromatic heterocycles. The number of benzene rings is 1. The first-order valence-corrected chi connectivity index (χ1v) is 7.34. The summed E-state index contributed by atoms with van der Waals surface area (Å²) in [6.07, 6.45) is 0.209. The number of carboxylic acids is 1. The monoisotopic (exact) mass is 291 g/mol. The maximum atomic E-state index is 12.0. The topological polar surface area (TPSA) is 66.4 Å². The average molecular weight is 291 g/mol. The van der Waals surface area contributed by atoms with Crippen molar-refractivity contribution in [2.24, 2.45) is 5.92 Å². The van der Waals surface area contributed by atoms with Gasteiger partial charge in [-0.15, -0.1) is 11.3 Å². The molecule has 0 aliphatic rings. The summed E-state index contributed by atoms with van der Waals surface area (Å²) in [4.78, 5) is 23.1. The van der Waals surface area contributed by atoms with E-state index in [-0.39, 0.29) is 18.2 Å². The number of rotatable bonds is 5. The molecule has 0 saturated heterocycles. The molecule has 5 heteroatoms. The van der Waals surface area contributed by atoms with Crippen LogP contribution < -0.4 is 5.32 Å². The standard InChI is InChI=1S/C15H17NO3S/c1-9(2)14(15(18)19)16-13(17)7-10-8-20-12-6-4-3-5-11(10)12/h3-6,8-9,14H,7H2,1-2H3,(H,16,17)(H,18,19)/t14-/m0/s1. The number of hydrogen-bond donors (Lipinski definition) is 2. The minimum absolute atomic E-state index is 0.143. The van der Waals surface area contributed by atoms with Crippen molar-refractivity contribution in [3.05, 3.63) is 35.2 Å². The molecule has 0 saturated carbocycles. The molecule has 106 valence electrons. The number of carbonyl (C=O) groups excluding carboxylic acids is 1. The highest BCUT2D eigenvalue weighted by atomic mass is 32.1. The average Bonchev–Trinajstić information content (AvgIpc) is 2.79. The number of amides is 1. The zero-order chi connectivity index (χ0) is 14.7. The predicted molar refractivity (Wildman–Crippen MR) is 79.9 cm³/mol. The second-order valence-corrected chi connectivity index (χ2v) is 5.97. The van der Waals surface area contributed by atoms with E-state index in [2.05, 4.69) is 5.32 Å². The molecular weight excluding hydrogens is 274 g/mol. The van der Waals surface area contributed by atoms with E-state index in [9.17, 15) is 9.59 Å². The number of hydrogen-bond acceptors (Lipinski definition) is 3. The molecule has 1 heterocycles. The first kappa shape index (κ1) is 14.5. The number of carboxylic acid groups (broad SMARTS) is 1. The minimum Gasteiger partial charge on any atom is -0.480 e. The highest BCUT2D eigenvalue weighted by Gasteiger charge is 2.23. The van der Waals surface area contributed by atoms with Crippen molar-refractivity contribution < 1.29 is 14.7 Å². The van der Waals surface area contributed by atoms with E-state index in [1.165, 1.54) is 0 Å². The maximum absolute atomic E-state index is 12.0. The highest BCUT2D eigenvalue weighted by molar-refractivity contribution is 7.17. The minimum atomic E-state index is -0.997. The molecule has 2 aromatic rings. The van der Waals surface area contributed by atoms with Gasteiger partial charge >= 0.3 is 5.97 Å². The first-order chi connectivity index (χ1) is 9.49. The third kappa shape index (κ3) is 3.17. The zero-order valence-corrected chi connectivity index (χ0v) is 12.2. The number of fused-ring (bicyclic) bond motifs is 1. The molecule has 0 unspecified atom stereocenters. The number of carbonyl (C=O) groups is 2. The van der Waals surface area contributed by atoms with Crippen molar-refractivity contribution in [3.8, 4) is 0 Å². The van der Waals surface area contributed by atoms with Gasteiger partial charge in [-0.3, -0.25) is 4.79 Å². The van der Waals surface area contributed by atoms with Crippen LogP contribution in [-0.2, 0) is 16.0 Å². The van der Waals surface area contributed by atoms with Crippen LogP contribution in [0.4, 0.5) is 0 Å². The Morgan fingerprint density at radius 3 is 2.65 bits per heavy atom. The second-order valence-electron chi connectivity index (χ2n) is 5.06. The largest absolute Gasteiger partial charge is 0.480 e. The molecule has 0 aliphatic carbocycles. The van der Waals surface area contributed by atoms with E-state index in [0.29, 0.717) is 0 Å². The van der Waals surface area contributed by atoms with Gasteiger partial charge in [-0.2, -0.15) is 0 Å². The molecule has 1 amide bonds. The van der Waals surface area contributed by atoms with Gasteiger partial charge in [0.15, 0.2) is 0 Å². The summed E-state index contributed by atoms with van der Waals surface area (Å²) >= 11 is 1.59. The Morgan fingerprint density at radius 1 is 1.30 bits per heavy atom. The lowest BCUT2D eigenvalue weighted by Crippen LogP contribution is -2.44. The molecule has 0 bridgehead atoms. The lowest BCUT2D eigenvalue weighted by atomic mass is 10.0. The molecule has 20 heavy (non-hydrogen) atoms. The second kappa shape index (κ2) is 6.05. The van der Waals surface area contributed by atoms with E-state index in [1.54, 1.807) is 25.2 Å². The molecule has 0 spiro atoms. The summed E-state index contributed by atoms with van der Waals surface area (Å²) in [7, 11) is 0. The van der Waals surface area contributed by atoms with Gasteiger partial charge in [-0.25, -0.2) is 4.79 Å². The van der Waals surface area contributed by atoms with Crippen LogP contribution in [0.1, 0.15) is 19.4 Å². The molecule has 0 aliphatic heterocycles. The summed E-state index contributed by atoms with van der Waals surface area (Å²) in [5.74, 6) is -1.39. The Bertz CT molecular complexity index is 633. The van der Waals surface area contributed by atoms with Crippen LogP contribution in [0, 0.1) is 5.92 Å². The van der Waals surface area contributed by atoms with Gasteiger partial charge in [0.1, 0.15) is 6.04 Å². The summed E-state index contributed by atoms with van der Waals surface area (Å²) in [5, 5.41) is 14.7. The zero-order valence-electron chi connectivity index (χ0n) is 11.4. The van der Waals surface area contributed by atoms with Crippen molar-refractivity contribution in [2.75, 3.05) is 0 Å². The van der Waals surface area contributed by atoms with Gasteiger partial charge < -0.3 is 10.4 Å². The lowest BCUT2D eigenvalue weighted by Gasteiger charge is -2.17. The fourth-order valence-electron chi connectivity index (χ4n) is 2.08. The molecule has 2 rings (SSSR count). The molecule has 2 N–H and O–H groups in total. The van der Waals surface area contributed by atoms with Gasteiger partial charge in [0, 0.05) is 4.70 Å². The van der Waals surface area contributed by atoms with Gasteiger partial charge in [-0.05, 0) is 28.3 Å². The van der Waals surface area contributed by atoms with E-state index in [4.69, 9.17) is 5.11 Å². The molecule has 4 nitrogen and oxygen atoms in total. The summed E-state index contributed by atoms with van der Waals surface area (Å²) in [6, 6.07) is 7.04. The van der Waals surface area contributed by atoms with Gasteiger partial charge in [-0.1, -0.05) is 32.0 Å². The lowest BCUT2D eigenvalue weighted by molar-refractivity contribution is -0.143. The van der Waals surface area contributed by atoms with Gasteiger partial charge in [0.2, 0.25) is 5.91 Å². The Labute approximate surface area is 121 Å². The SMILES string of the molecule is CC(C)[C@H](NC(=O)Cc1csc2ccccc12)C(=O)O. The molecule has 1 atom stereocenters. The first-order valence-electron chi connectivity index (χ1n) is 6.46. The van der Waals surface area contributed by atoms with Crippen molar-refractivity contribution >= 4 is 33.3 Å². The van der Waals surface area contributed by atoms with Crippen LogP contribution in [0.3, 0.4) is 0 Å². The van der Waals surface area contributed by atoms with Crippen LogP contribution in [0.15, 0.2) is 29.6 Å². The normalized spacial score (nSPS) is 12.6. The maximum Gasteiger partial charge on any atom is 0.326 e. The van der Waals surface area contributed by atoms with E-state index in [0.717, 1.165) is 15.6 Å². The van der Waals surface area contributed by atoms with Gasteiger partial charge in [0.05, 0.1) is 6.42 Å². The van der Waals surface area contributed by atoms with E-state index in [1.807, 2.05) is 29.6 Å². The van der Waals surface area contributed by atoms with Crippen LogP contribution >= 0.6 is 11.3 Å². The predicted octanol–water partition coefficient (Wildman–Crippen LogP) is 2.67. The van der Waals surface area contributed by atoms with Crippen LogP contribution in [0.5, 0.6) is 0 Å². The third-order valence-corrected chi connectivity index (χ3v) is 4.17. The van der Waals surface area contributed by atoms with Crippen molar-refractivity contribution in [1.82, 2.24) is 5.32 Å². The molecular formula is C15H17NO3S. The molecule has 0 radical (unpaired) electrons. The summed E-state index contributed by atoms with van der Waals surface area (Å²) in [6.45, 7) is 3.55. The summed E-state index contributed by atoms with van der Waals surface area (Å²) in [5.41, 5.74) is 0.941. The van der Waals surface area contributed by atoms with Crippen LogP contribution in [0.25, 0.3) is 10.1 Å². The Morgan fingerprint density at radius 2 is 2.00 bits per heavy atom. The third-order valence-electron chi connectivity index (χ3n) is 3.16. The molecule has 0 fully saturated rings. The van der Waals surface area contributed by atoms with Gasteiger partial charge in [0.25, 0.3) is 0 Å². The Balaban J connectivity index is 2.10. The molecule has 1 aromatic carbocycles. The quantitative estimate of drug-likeness (QED) is 0.890. The van der Waals surface area contributed by atoms with Crippen molar-refractivity contribution in [2.45, 2.75) is 26.3 Å². The van der Waals surface area contributed by atoms with E-state index >= 15 is 0 Å². The summed E-state index contributed by atoms with van der Waals surface area (Å²) < 4.78 is 1.13. The van der Waals surface area contributed by atoms with Crippen LogP contribution in [-0.4, -0.2) is 23.0 Å². The Kier molecular flexibility index (Phi) is 4.39. The number of aliphatic carboxylic acids is 1. The highest BCUT2D eigenvalue weighted by Crippen LogP contribution is 2.25. The van der Waals surface area contributed by atoms with Crippen LogP contribution in [0.2, 0.25) is 0 Å². The number of thiophene rings is 1. The fourth-order valence-corrected chi connectivity index (χ4v) is 3.04. The Hall–Kier alpha value is -1.88.